The molecule has 8 heteroatoms. The highest BCUT2D eigenvalue weighted by molar-refractivity contribution is 7.20. The van der Waals surface area contributed by atoms with Gasteiger partial charge in [-0.1, -0.05) is 6.92 Å². The van der Waals surface area contributed by atoms with Crippen molar-refractivity contribution in [3.05, 3.63) is 44.1 Å². The highest BCUT2D eigenvalue weighted by Gasteiger charge is 2.28. The number of carbonyl (C=O) groups is 1. The van der Waals surface area contributed by atoms with Crippen LogP contribution in [0.5, 0.6) is 0 Å². The van der Waals surface area contributed by atoms with Gasteiger partial charge in [0.15, 0.2) is 0 Å². The van der Waals surface area contributed by atoms with E-state index in [9.17, 15) is 9.59 Å². The van der Waals surface area contributed by atoms with Gasteiger partial charge in [-0.15, -0.1) is 11.3 Å². The molecule has 4 heterocycles. The zero-order valence-electron chi connectivity index (χ0n) is 13.5. The maximum atomic E-state index is 13.0. The van der Waals surface area contributed by atoms with Crippen LogP contribution in [0.25, 0.3) is 10.2 Å². The van der Waals surface area contributed by atoms with Gasteiger partial charge in [-0.25, -0.2) is 4.98 Å². The van der Waals surface area contributed by atoms with Crippen molar-refractivity contribution in [1.82, 2.24) is 25.1 Å². The van der Waals surface area contributed by atoms with Gasteiger partial charge in [-0.3, -0.25) is 14.7 Å². The first-order chi connectivity index (χ1) is 11.6. The molecule has 1 aliphatic rings. The third-order valence-electron chi connectivity index (χ3n) is 4.57. The summed E-state index contributed by atoms with van der Waals surface area (Å²) in [4.78, 5) is 34.8. The van der Waals surface area contributed by atoms with Crippen LogP contribution in [0.2, 0.25) is 0 Å². The quantitative estimate of drug-likeness (QED) is 0.741. The number of fused-ring (bicyclic) bond motifs is 2. The zero-order chi connectivity index (χ0) is 16.8. The molecule has 0 aromatic carbocycles. The molecule has 124 valence electrons. The predicted octanol–water partition coefficient (Wildman–Crippen LogP) is 1.78. The molecule has 0 atom stereocenters. The van der Waals surface area contributed by atoms with E-state index in [-0.39, 0.29) is 11.5 Å². The van der Waals surface area contributed by atoms with Gasteiger partial charge in [-0.2, -0.15) is 5.10 Å². The average molecular weight is 343 g/mol. The lowest BCUT2D eigenvalue weighted by Crippen LogP contribution is -2.36. The van der Waals surface area contributed by atoms with Crippen LogP contribution >= 0.6 is 11.3 Å². The number of aryl methyl sites for hydroxylation is 2. The van der Waals surface area contributed by atoms with E-state index in [2.05, 4.69) is 27.1 Å². The molecule has 0 radical (unpaired) electrons. The average Bonchev–Trinajstić information content (AvgIpc) is 3.15. The Morgan fingerprint density at radius 1 is 1.46 bits per heavy atom. The van der Waals surface area contributed by atoms with Crippen LogP contribution in [0.15, 0.2) is 11.1 Å². The van der Waals surface area contributed by atoms with Gasteiger partial charge in [0.05, 0.1) is 22.3 Å². The number of rotatable bonds is 2. The standard InChI is InChI=1S/C16H17N5O2S/c1-3-10-9-6-21(5-4-11(9)20-19-10)16(23)13-8(2)12-14(22)17-7-18-15(12)24-13/h7H,3-6H2,1-2H3,(H,19,20)(H,17,18,22). The van der Waals surface area contributed by atoms with Gasteiger partial charge in [0.25, 0.3) is 11.5 Å². The van der Waals surface area contributed by atoms with Crippen molar-refractivity contribution >= 4 is 27.5 Å². The second kappa shape index (κ2) is 5.55. The summed E-state index contributed by atoms with van der Waals surface area (Å²) < 4.78 is 0. The van der Waals surface area contributed by atoms with Crippen molar-refractivity contribution in [3.63, 3.8) is 0 Å². The van der Waals surface area contributed by atoms with E-state index in [1.54, 1.807) is 0 Å². The molecule has 4 rings (SSSR count). The molecule has 0 bridgehead atoms. The van der Waals surface area contributed by atoms with Crippen molar-refractivity contribution in [1.29, 1.82) is 0 Å². The largest absolute Gasteiger partial charge is 0.333 e. The lowest BCUT2D eigenvalue weighted by molar-refractivity contribution is 0.0738. The van der Waals surface area contributed by atoms with Crippen LogP contribution < -0.4 is 5.56 Å². The van der Waals surface area contributed by atoms with Crippen LogP contribution in [0.3, 0.4) is 0 Å². The Hall–Kier alpha value is -2.48. The number of thiophene rings is 1. The number of nitrogens with zero attached hydrogens (tertiary/aromatic N) is 3. The minimum absolute atomic E-state index is 0.0381. The molecule has 3 aromatic rings. The predicted molar refractivity (Wildman–Crippen MR) is 91.4 cm³/mol. The molecule has 0 spiro atoms. The molecule has 0 fully saturated rings. The fourth-order valence-corrected chi connectivity index (χ4v) is 4.36. The second-order valence-corrected chi connectivity index (χ2v) is 6.92. The molecule has 3 aromatic heterocycles. The van der Waals surface area contributed by atoms with Crippen LogP contribution in [0.4, 0.5) is 0 Å². The van der Waals surface area contributed by atoms with E-state index in [1.165, 1.54) is 17.7 Å². The van der Waals surface area contributed by atoms with E-state index < -0.39 is 0 Å². The van der Waals surface area contributed by atoms with Gasteiger partial charge in [0.1, 0.15) is 4.83 Å². The van der Waals surface area contributed by atoms with Crippen LogP contribution in [-0.4, -0.2) is 37.5 Å². The summed E-state index contributed by atoms with van der Waals surface area (Å²) >= 11 is 1.29. The normalized spacial score (nSPS) is 14.2. The Kier molecular flexibility index (Phi) is 3.49. The van der Waals surface area contributed by atoms with Crippen LogP contribution in [0, 0.1) is 6.92 Å². The minimum atomic E-state index is -0.197. The summed E-state index contributed by atoms with van der Waals surface area (Å²) in [7, 11) is 0. The maximum absolute atomic E-state index is 13.0. The topological polar surface area (TPSA) is 94.7 Å². The van der Waals surface area contributed by atoms with Gasteiger partial charge in [0.2, 0.25) is 0 Å². The smallest absolute Gasteiger partial charge is 0.264 e. The first kappa shape index (κ1) is 15.1. The first-order valence-corrected chi connectivity index (χ1v) is 8.72. The molecule has 1 amide bonds. The second-order valence-electron chi connectivity index (χ2n) is 5.93. The molecular weight excluding hydrogens is 326 g/mol. The van der Waals surface area contributed by atoms with Crippen molar-refractivity contribution in [3.8, 4) is 0 Å². The Bertz CT molecular complexity index is 986. The Morgan fingerprint density at radius 3 is 3.04 bits per heavy atom. The number of hydrogen-bond acceptors (Lipinski definition) is 5. The van der Waals surface area contributed by atoms with Gasteiger partial charge in [0, 0.05) is 30.8 Å². The van der Waals surface area contributed by atoms with Crippen LogP contribution in [-0.2, 0) is 19.4 Å². The molecule has 7 nitrogen and oxygen atoms in total. The molecular formula is C16H17N5O2S. The van der Waals surface area contributed by atoms with Crippen molar-refractivity contribution in [2.45, 2.75) is 33.2 Å². The van der Waals surface area contributed by atoms with E-state index in [1.807, 2.05) is 11.8 Å². The van der Waals surface area contributed by atoms with E-state index >= 15 is 0 Å². The number of carbonyl (C=O) groups excluding carboxylic acids is 1. The van der Waals surface area contributed by atoms with Crippen LogP contribution in [0.1, 0.15) is 39.1 Å². The first-order valence-electron chi connectivity index (χ1n) is 7.91. The molecule has 2 N–H and O–H groups in total. The number of nitrogens with one attached hydrogen (secondary N) is 2. The molecule has 0 saturated heterocycles. The molecule has 0 unspecified atom stereocenters. The van der Waals surface area contributed by atoms with Crippen molar-refractivity contribution < 1.29 is 4.79 Å². The molecule has 1 aliphatic heterocycles. The number of aromatic amines is 2. The number of hydrogen-bond donors (Lipinski definition) is 2. The number of aromatic nitrogens is 4. The number of H-pyrrole nitrogens is 2. The van der Waals surface area contributed by atoms with Gasteiger partial charge in [-0.05, 0) is 18.9 Å². The summed E-state index contributed by atoms with van der Waals surface area (Å²) in [6.45, 7) is 5.08. The Morgan fingerprint density at radius 2 is 2.29 bits per heavy atom. The summed E-state index contributed by atoms with van der Waals surface area (Å²) in [5.74, 6) is -0.0381. The Labute approximate surface area is 141 Å². The molecule has 24 heavy (non-hydrogen) atoms. The van der Waals surface area contributed by atoms with E-state index in [4.69, 9.17) is 0 Å². The highest BCUT2D eigenvalue weighted by atomic mass is 32.1. The Balaban J connectivity index is 1.71. The summed E-state index contributed by atoms with van der Waals surface area (Å²) in [5.41, 5.74) is 3.79. The van der Waals surface area contributed by atoms with Gasteiger partial charge < -0.3 is 9.88 Å². The third-order valence-corrected chi connectivity index (χ3v) is 5.76. The lowest BCUT2D eigenvalue weighted by atomic mass is 10.0. The van der Waals surface area contributed by atoms with E-state index in [0.717, 1.165) is 29.8 Å². The summed E-state index contributed by atoms with van der Waals surface area (Å²) in [5, 5.41) is 7.92. The minimum Gasteiger partial charge on any atom is -0.333 e. The van der Waals surface area contributed by atoms with Gasteiger partial charge >= 0.3 is 0 Å². The summed E-state index contributed by atoms with van der Waals surface area (Å²) in [6.07, 6.45) is 2.99. The zero-order valence-corrected chi connectivity index (χ0v) is 14.3. The maximum Gasteiger partial charge on any atom is 0.264 e. The highest BCUT2D eigenvalue weighted by Crippen LogP contribution is 2.29. The fourth-order valence-electron chi connectivity index (χ4n) is 3.25. The van der Waals surface area contributed by atoms with Crippen molar-refractivity contribution in [2.75, 3.05) is 6.54 Å². The fraction of sp³-hybridized carbons (Fsp3) is 0.375. The monoisotopic (exact) mass is 343 g/mol. The summed E-state index contributed by atoms with van der Waals surface area (Å²) in [6, 6.07) is 0. The molecule has 0 aliphatic carbocycles. The van der Waals surface area contributed by atoms with E-state index in [0.29, 0.717) is 33.7 Å². The SMILES string of the molecule is CCc1n[nH]c2c1CN(C(=O)c1sc3nc[nH]c(=O)c3c1C)CC2. The van der Waals surface area contributed by atoms with Crippen molar-refractivity contribution in [2.24, 2.45) is 0 Å². The lowest BCUT2D eigenvalue weighted by Gasteiger charge is -2.27. The molecule has 0 saturated carbocycles. The number of amides is 1. The third kappa shape index (κ3) is 2.17.